The fourth-order valence-corrected chi connectivity index (χ4v) is 5.48. The normalized spacial score (nSPS) is 25.3. The Hall–Kier alpha value is -2.89. The van der Waals surface area contributed by atoms with Crippen molar-refractivity contribution in [3.63, 3.8) is 0 Å². The van der Waals surface area contributed by atoms with Crippen LogP contribution in [-0.2, 0) is 11.7 Å². The fourth-order valence-electron chi connectivity index (χ4n) is 5.48. The lowest BCUT2D eigenvalue weighted by Gasteiger charge is -2.51. The quantitative estimate of drug-likeness (QED) is 0.497. The molecule has 1 spiro atoms. The third kappa shape index (κ3) is 4.87. The molecule has 36 heavy (non-hydrogen) atoms. The van der Waals surface area contributed by atoms with Crippen molar-refractivity contribution < 1.29 is 31.1 Å². The predicted molar refractivity (Wildman–Crippen MR) is 120 cm³/mol. The zero-order valence-corrected chi connectivity index (χ0v) is 19.9. The van der Waals surface area contributed by atoms with Gasteiger partial charge in [0, 0.05) is 12.1 Å². The minimum Gasteiger partial charge on any atom is -0.317 e. The number of alkyl halides is 6. The Morgan fingerprint density at radius 3 is 2.03 bits per heavy atom. The van der Waals surface area contributed by atoms with E-state index in [4.69, 9.17) is 0 Å². The van der Waals surface area contributed by atoms with E-state index in [1.165, 1.54) is 9.80 Å². The average molecular weight is 516 g/mol. The summed E-state index contributed by atoms with van der Waals surface area (Å²) in [6, 6.07) is 9.14. The highest BCUT2D eigenvalue weighted by molar-refractivity contribution is 5.95. The van der Waals surface area contributed by atoms with Gasteiger partial charge in [-0.25, -0.2) is 14.8 Å². The lowest BCUT2D eigenvalue weighted by molar-refractivity contribution is -0.145. The van der Waals surface area contributed by atoms with E-state index in [0.717, 1.165) is 18.0 Å². The fraction of sp³-hybridized carbons (Fsp3) is 0.542. The van der Waals surface area contributed by atoms with Crippen LogP contribution in [-0.4, -0.2) is 64.7 Å². The maximum absolute atomic E-state index is 13.3. The zero-order chi connectivity index (χ0) is 26.4. The Labute approximate surface area is 204 Å². The molecule has 0 N–H and O–H groups in total. The molecule has 1 aromatic carbocycles. The van der Waals surface area contributed by atoms with Crippen molar-refractivity contribution in [1.29, 1.82) is 0 Å². The Morgan fingerprint density at radius 2 is 1.53 bits per heavy atom. The van der Waals surface area contributed by atoms with Crippen LogP contribution in [0.15, 0.2) is 42.7 Å². The second-order valence-corrected chi connectivity index (χ2v) is 9.66. The molecule has 2 amide bonds. The summed E-state index contributed by atoms with van der Waals surface area (Å²) in [5.74, 6) is -1.35. The summed E-state index contributed by atoms with van der Waals surface area (Å²) in [5.41, 5.74) is -0.131. The summed E-state index contributed by atoms with van der Waals surface area (Å²) < 4.78 is 78.1. The van der Waals surface area contributed by atoms with Crippen molar-refractivity contribution in [3.8, 4) is 0 Å². The molecule has 1 aromatic heterocycles. The van der Waals surface area contributed by atoms with Crippen LogP contribution in [0.1, 0.15) is 43.5 Å². The Bertz CT molecular complexity index is 1060. The molecular weight excluding hydrogens is 488 g/mol. The summed E-state index contributed by atoms with van der Waals surface area (Å²) in [6.45, 7) is -0.475. The zero-order valence-electron chi connectivity index (χ0n) is 19.9. The van der Waals surface area contributed by atoms with Crippen LogP contribution in [0.4, 0.5) is 36.8 Å². The van der Waals surface area contributed by atoms with E-state index in [-0.39, 0.29) is 17.8 Å². The van der Waals surface area contributed by atoms with E-state index in [9.17, 15) is 31.1 Å². The van der Waals surface area contributed by atoms with Gasteiger partial charge in [0.2, 0.25) is 5.82 Å². The van der Waals surface area contributed by atoms with Gasteiger partial charge < -0.3 is 4.90 Å². The van der Waals surface area contributed by atoms with Gasteiger partial charge in [0.1, 0.15) is 0 Å². The van der Waals surface area contributed by atoms with Crippen LogP contribution in [0.25, 0.3) is 0 Å². The van der Waals surface area contributed by atoms with E-state index >= 15 is 0 Å². The second kappa shape index (κ2) is 9.20. The van der Waals surface area contributed by atoms with Gasteiger partial charge in [-0.2, -0.15) is 26.3 Å². The minimum atomic E-state index is -4.75. The molecule has 2 fully saturated rings. The highest BCUT2D eigenvalue weighted by Gasteiger charge is 2.55. The van der Waals surface area contributed by atoms with Crippen molar-refractivity contribution in [2.24, 2.45) is 0 Å². The Balaban J connectivity index is 1.64. The van der Waals surface area contributed by atoms with Gasteiger partial charge in [-0.15, -0.1) is 0 Å². The third-order valence-electron chi connectivity index (χ3n) is 7.48. The summed E-state index contributed by atoms with van der Waals surface area (Å²) in [4.78, 5) is 24.5. The number of halogens is 6. The minimum absolute atomic E-state index is 0.0226. The molecule has 2 aliphatic rings. The summed E-state index contributed by atoms with van der Waals surface area (Å²) in [7, 11) is 3.91. The molecule has 1 saturated heterocycles. The summed E-state index contributed by atoms with van der Waals surface area (Å²) in [5, 5.41) is 0. The first kappa shape index (κ1) is 26.2. The van der Waals surface area contributed by atoms with E-state index in [2.05, 4.69) is 14.9 Å². The largest absolute Gasteiger partial charge is 0.451 e. The highest BCUT2D eigenvalue weighted by atomic mass is 19.4. The maximum atomic E-state index is 13.3. The van der Waals surface area contributed by atoms with Crippen LogP contribution in [0, 0.1) is 0 Å². The third-order valence-corrected chi connectivity index (χ3v) is 7.48. The van der Waals surface area contributed by atoms with Crippen LogP contribution >= 0.6 is 0 Å². The number of carbonyl (C=O) groups excluding carboxylic acids is 1. The second-order valence-electron chi connectivity index (χ2n) is 9.66. The van der Waals surface area contributed by atoms with Crippen LogP contribution in [0.2, 0.25) is 0 Å². The predicted octanol–water partition coefficient (Wildman–Crippen LogP) is 5.46. The number of amides is 2. The summed E-state index contributed by atoms with van der Waals surface area (Å²) >= 11 is 0. The van der Waals surface area contributed by atoms with E-state index < -0.39 is 42.7 Å². The van der Waals surface area contributed by atoms with Crippen molar-refractivity contribution in [1.82, 2.24) is 19.8 Å². The molecule has 0 unspecified atom stereocenters. The van der Waals surface area contributed by atoms with Crippen molar-refractivity contribution >= 4 is 11.7 Å². The molecular formula is C24H27F6N5O. The molecule has 0 bridgehead atoms. The number of aromatic nitrogens is 2. The molecule has 2 aromatic rings. The number of urea groups is 1. The molecule has 1 saturated carbocycles. The summed E-state index contributed by atoms with van der Waals surface area (Å²) in [6.07, 6.45) is -6.54. The maximum Gasteiger partial charge on any atom is 0.451 e. The van der Waals surface area contributed by atoms with E-state index in [1.807, 2.05) is 44.4 Å². The SMILES string of the molecule is CN(C)[C@]1(c2ccccc2)CC[C@@]2(CC1)CN(c1cnc(C(F)(F)F)nc1)C(=O)N2CCC(F)(F)F. The highest BCUT2D eigenvalue weighted by Crippen LogP contribution is 2.49. The molecule has 0 atom stereocenters. The standard InChI is InChI=1S/C24H27F6N5O/c1-33(2)22(17-6-4-3-5-7-17)10-8-21(9-11-22)16-34(20(36)35(21)13-12-23(25,26)27)18-14-31-19(32-15-18)24(28,29)30/h3-7,14-15H,8-13,16H2,1-2H3/t21-,22-. The first-order valence-electron chi connectivity index (χ1n) is 11.6. The molecule has 1 aliphatic carbocycles. The number of rotatable bonds is 5. The molecule has 6 nitrogen and oxygen atoms in total. The van der Waals surface area contributed by atoms with Crippen LogP contribution in [0.5, 0.6) is 0 Å². The van der Waals surface area contributed by atoms with Gasteiger partial charge in [0.15, 0.2) is 0 Å². The number of carbonyl (C=O) groups is 1. The number of hydrogen-bond donors (Lipinski definition) is 0. The Kier molecular flexibility index (Phi) is 6.69. The topological polar surface area (TPSA) is 52.6 Å². The first-order valence-corrected chi connectivity index (χ1v) is 11.6. The molecule has 1 aliphatic heterocycles. The average Bonchev–Trinajstić information content (AvgIpc) is 3.09. The van der Waals surface area contributed by atoms with Crippen molar-refractivity contribution in [3.05, 3.63) is 54.1 Å². The molecule has 12 heteroatoms. The number of nitrogens with zero attached hydrogens (tertiary/aromatic N) is 5. The van der Waals surface area contributed by atoms with Crippen LogP contribution < -0.4 is 4.90 Å². The van der Waals surface area contributed by atoms with E-state index in [1.54, 1.807) is 0 Å². The molecule has 196 valence electrons. The van der Waals surface area contributed by atoms with Crippen molar-refractivity contribution in [2.45, 2.75) is 55.5 Å². The molecule has 0 radical (unpaired) electrons. The lowest BCUT2D eigenvalue weighted by Crippen LogP contribution is -2.55. The number of hydrogen-bond acceptors (Lipinski definition) is 4. The smallest absolute Gasteiger partial charge is 0.317 e. The monoisotopic (exact) mass is 515 g/mol. The van der Waals surface area contributed by atoms with E-state index in [0.29, 0.717) is 25.7 Å². The van der Waals surface area contributed by atoms with Crippen molar-refractivity contribution in [2.75, 3.05) is 32.1 Å². The number of benzene rings is 1. The first-order chi connectivity index (χ1) is 16.8. The lowest BCUT2D eigenvalue weighted by atomic mass is 9.68. The van der Waals surface area contributed by atoms with Gasteiger partial charge >= 0.3 is 18.4 Å². The van der Waals surface area contributed by atoms with Gasteiger partial charge in [-0.1, -0.05) is 30.3 Å². The molecule has 4 rings (SSSR count). The van der Waals surface area contributed by atoms with Gasteiger partial charge in [0.25, 0.3) is 0 Å². The molecule has 2 heterocycles. The van der Waals surface area contributed by atoms with Gasteiger partial charge in [-0.05, 0) is 45.3 Å². The number of anilines is 1. The van der Waals surface area contributed by atoms with Gasteiger partial charge in [-0.3, -0.25) is 9.80 Å². The Morgan fingerprint density at radius 1 is 0.944 bits per heavy atom. The van der Waals surface area contributed by atoms with Gasteiger partial charge in [0.05, 0.1) is 36.6 Å². The van der Waals surface area contributed by atoms with Crippen LogP contribution in [0.3, 0.4) is 0 Å².